The van der Waals surface area contributed by atoms with Crippen LogP contribution in [0.15, 0.2) is 0 Å². The van der Waals surface area contributed by atoms with Gasteiger partial charge in [0.15, 0.2) is 12.6 Å². The highest BCUT2D eigenvalue weighted by atomic mass is 16.8. The van der Waals surface area contributed by atoms with Crippen LogP contribution in [0, 0.1) is 45.3 Å². The quantitative estimate of drug-likeness (QED) is 0.391. The molecule has 6 rings (SSSR count). The van der Waals surface area contributed by atoms with Crippen molar-refractivity contribution >= 4 is 0 Å². The SMILES string of the molecule is CC1(C)CCC[C@@]2(C)C1CC[C@@]1(C)OC(OC3C[C@H]4[C@@](C)(CCC5C(C)(C)CCC[C@@]54C)O3)C[C@@H]12. The summed E-state index contributed by atoms with van der Waals surface area (Å²) in [6.07, 6.45) is 15.0. The summed E-state index contributed by atoms with van der Waals surface area (Å²) in [7, 11) is 0. The molecule has 3 heteroatoms. The molecular weight excluding hydrogens is 432 g/mol. The Hall–Kier alpha value is -0.120. The Morgan fingerprint density at radius 3 is 1.31 bits per heavy atom. The molecule has 0 N–H and O–H groups in total. The van der Waals surface area contributed by atoms with Gasteiger partial charge in [-0.1, -0.05) is 54.4 Å². The number of hydrogen-bond acceptors (Lipinski definition) is 3. The fourth-order valence-corrected chi connectivity index (χ4v) is 11.9. The van der Waals surface area contributed by atoms with Crippen LogP contribution in [0.2, 0.25) is 0 Å². The molecule has 10 atom stereocenters. The van der Waals surface area contributed by atoms with Gasteiger partial charge in [-0.2, -0.15) is 0 Å². The van der Waals surface area contributed by atoms with Crippen molar-refractivity contribution in [3.05, 3.63) is 0 Å². The second kappa shape index (κ2) is 7.72. The smallest absolute Gasteiger partial charge is 0.161 e. The molecule has 6 aliphatic rings. The zero-order valence-electron chi connectivity index (χ0n) is 24.2. The molecule has 4 aliphatic carbocycles. The second-order valence-electron chi connectivity index (χ2n) is 16.3. The molecule has 2 aliphatic heterocycles. The Morgan fingerprint density at radius 2 is 0.914 bits per heavy atom. The van der Waals surface area contributed by atoms with Gasteiger partial charge in [-0.3, -0.25) is 0 Å². The summed E-state index contributed by atoms with van der Waals surface area (Å²) in [6, 6.07) is 0. The molecule has 0 spiro atoms. The lowest BCUT2D eigenvalue weighted by atomic mass is 9.45. The van der Waals surface area contributed by atoms with Gasteiger partial charge in [0, 0.05) is 12.8 Å². The molecule has 0 radical (unpaired) electrons. The summed E-state index contributed by atoms with van der Waals surface area (Å²) in [5.74, 6) is 2.80. The van der Waals surface area contributed by atoms with Crippen LogP contribution in [-0.2, 0) is 14.2 Å². The molecule has 0 amide bonds. The lowest BCUT2D eigenvalue weighted by molar-refractivity contribution is -0.266. The molecule has 35 heavy (non-hydrogen) atoms. The summed E-state index contributed by atoms with van der Waals surface area (Å²) in [4.78, 5) is 0. The molecule has 4 saturated carbocycles. The van der Waals surface area contributed by atoms with Crippen molar-refractivity contribution in [1.29, 1.82) is 0 Å². The van der Waals surface area contributed by atoms with Crippen LogP contribution in [0.4, 0.5) is 0 Å². The molecule has 0 aromatic rings. The average molecular weight is 487 g/mol. The zero-order chi connectivity index (χ0) is 25.1. The van der Waals surface area contributed by atoms with Gasteiger partial charge in [-0.15, -0.1) is 0 Å². The van der Waals surface area contributed by atoms with E-state index in [1.807, 2.05) is 0 Å². The first-order valence-electron chi connectivity index (χ1n) is 15.2. The number of ether oxygens (including phenoxy) is 3. The van der Waals surface area contributed by atoms with E-state index in [4.69, 9.17) is 14.2 Å². The van der Waals surface area contributed by atoms with Gasteiger partial charge in [0.05, 0.1) is 11.2 Å². The molecule has 0 aromatic heterocycles. The van der Waals surface area contributed by atoms with E-state index in [1.165, 1.54) is 64.2 Å². The first-order valence-corrected chi connectivity index (χ1v) is 15.2. The molecule has 3 nitrogen and oxygen atoms in total. The van der Waals surface area contributed by atoms with E-state index in [0.717, 1.165) is 24.7 Å². The first-order chi connectivity index (χ1) is 16.2. The number of rotatable bonds is 2. The molecule has 2 saturated heterocycles. The number of fused-ring (bicyclic) bond motifs is 6. The van der Waals surface area contributed by atoms with Gasteiger partial charge in [0.2, 0.25) is 0 Å². The van der Waals surface area contributed by atoms with Crippen LogP contribution in [0.25, 0.3) is 0 Å². The van der Waals surface area contributed by atoms with Crippen molar-refractivity contribution in [2.75, 3.05) is 0 Å². The highest BCUT2D eigenvalue weighted by molar-refractivity contribution is 5.12. The van der Waals surface area contributed by atoms with Gasteiger partial charge in [-0.05, 0) is 111 Å². The van der Waals surface area contributed by atoms with E-state index in [-0.39, 0.29) is 23.8 Å². The van der Waals surface area contributed by atoms with E-state index < -0.39 is 0 Å². The summed E-state index contributed by atoms with van der Waals surface area (Å²) in [5, 5.41) is 0. The van der Waals surface area contributed by atoms with Crippen LogP contribution < -0.4 is 0 Å². The summed E-state index contributed by atoms with van der Waals surface area (Å²) in [5.41, 5.74) is 1.57. The van der Waals surface area contributed by atoms with Crippen molar-refractivity contribution in [3.8, 4) is 0 Å². The maximum Gasteiger partial charge on any atom is 0.161 e. The van der Waals surface area contributed by atoms with Crippen molar-refractivity contribution < 1.29 is 14.2 Å². The molecule has 0 bridgehead atoms. The van der Waals surface area contributed by atoms with Crippen molar-refractivity contribution in [1.82, 2.24) is 0 Å². The highest BCUT2D eigenvalue weighted by Crippen LogP contribution is 2.67. The second-order valence-corrected chi connectivity index (χ2v) is 16.3. The fraction of sp³-hybridized carbons (Fsp3) is 1.00. The Labute approximate surface area is 215 Å². The topological polar surface area (TPSA) is 27.7 Å². The summed E-state index contributed by atoms with van der Waals surface area (Å²) >= 11 is 0. The summed E-state index contributed by atoms with van der Waals surface area (Å²) in [6.45, 7) is 20.1. The lowest BCUT2D eigenvalue weighted by Gasteiger charge is -2.60. The standard InChI is InChI=1S/C32H54O3/c1-27(2)13-9-15-29(5)21(27)11-17-31(7)23(29)19-25(34-31)33-26-20-24-30(6)16-10-14-28(3,4)22(30)12-18-32(24,8)35-26/h21-26H,9-20H2,1-8H3/t21?,22?,23-,24-,25?,26?,29+,30+,31-,32-/m1/s1. The minimum Gasteiger partial charge on any atom is -0.346 e. The Morgan fingerprint density at radius 1 is 0.514 bits per heavy atom. The lowest BCUT2D eigenvalue weighted by Crippen LogP contribution is -2.55. The third kappa shape index (κ3) is 3.59. The van der Waals surface area contributed by atoms with Crippen molar-refractivity contribution in [2.45, 2.75) is 156 Å². The molecule has 0 aromatic carbocycles. The van der Waals surface area contributed by atoms with Crippen LogP contribution in [0.1, 0.15) is 132 Å². The zero-order valence-corrected chi connectivity index (χ0v) is 24.2. The van der Waals surface area contributed by atoms with Crippen LogP contribution in [-0.4, -0.2) is 23.8 Å². The van der Waals surface area contributed by atoms with E-state index >= 15 is 0 Å². The normalized spacial score (nSPS) is 56.6. The molecule has 4 unspecified atom stereocenters. The predicted octanol–water partition coefficient (Wildman–Crippen LogP) is 8.50. The third-order valence-electron chi connectivity index (χ3n) is 13.4. The Balaban J connectivity index is 1.19. The molecule has 6 fully saturated rings. The number of hydrogen-bond donors (Lipinski definition) is 0. The van der Waals surface area contributed by atoms with Crippen LogP contribution in [0.3, 0.4) is 0 Å². The molecular formula is C32H54O3. The van der Waals surface area contributed by atoms with Crippen LogP contribution >= 0.6 is 0 Å². The van der Waals surface area contributed by atoms with Crippen molar-refractivity contribution in [2.24, 2.45) is 45.3 Å². The highest BCUT2D eigenvalue weighted by Gasteiger charge is 2.65. The van der Waals surface area contributed by atoms with Gasteiger partial charge in [-0.25, -0.2) is 0 Å². The van der Waals surface area contributed by atoms with Gasteiger partial charge in [0.1, 0.15) is 0 Å². The third-order valence-corrected chi connectivity index (χ3v) is 13.4. The minimum atomic E-state index is -0.106. The first kappa shape index (κ1) is 25.2. The van der Waals surface area contributed by atoms with E-state index in [2.05, 4.69) is 55.4 Å². The fourth-order valence-electron chi connectivity index (χ4n) is 11.9. The molecule has 2 heterocycles. The van der Waals surface area contributed by atoms with Gasteiger partial charge < -0.3 is 14.2 Å². The predicted molar refractivity (Wildman–Crippen MR) is 141 cm³/mol. The average Bonchev–Trinajstić information content (AvgIpc) is 3.24. The van der Waals surface area contributed by atoms with E-state index in [9.17, 15) is 0 Å². The molecule has 200 valence electrons. The van der Waals surface area contributed by atoms with Gasteiger partial charge in [0.25, 0.3) is 0 Å². The summed E-state index contributed by atoms with van der Waals surface area (Å²) < 4.78 is 20.5. The largest absolute Gasteiger partial charge is 0.346 e. The van der Waals surface area contributed by atoms with E-state index in [1.54, 1.807) is 0 Å². The Kier molecular flexibility index (Phi) is 5.55. The van der Waals surface area contributed by atoms with E-state index in [0.29, 0.717) is 33.5 Å². The van der Waals surface area contributed by atoms with Crippen LogP contribution in [0.5, 0.6) is 0 Å². The monoisotopic (exact) mass is 486 g/mol. The maximum atomic E-state index is 6.85. The van der Waals surface area contributed by atoms with Crippen molar-refractivity contribution in [3.63, 3.8) is 0 Å². The Bertz CT molecular complexity index is 782. The van der Waals surface area contributed by atoms with Gasteiger partial charge >= 0.3 is 0 Å². The maximum absolute atomic E-state index is 6.85. The minimum absolute atomic E-state index is 0.0386.